The first-order valence-electron chi connectivity index (χ1n) is 3.51. The third-order valence-corrected chi connectivity index (χ3v) is 1.66. The molecule has 8 heavy (non-hydrogen) atoms. The van der Waals surface area contributed by atoms with E-state index < -0.39 is 0 Å². The Kier molecular flexibility index (Phi) is 2.13. The average molecular weight is 109 g/mol. The largest absolute Gasteiger partial charge is 0.0810 e. The summed E-state index contributed by atoms with van der Waals surface area (Å²) in [5.74, 6) is 0.829. The van der Waals surface area contributed by atoms with Gasteiger partial charge in [-0.3, -0.25) is 0 Å². The predicted octanol–water partition coefficient (Wildman–Crippen LogP) is 2.56. The number of rotatable bonds is 2. The fourth-order valence-corrected chi connectivity index (χ4v) is 0.859. The maximum Gasteiger partial charge on any atom is -0.0162 e. The lowest BCUT2D eigenvalue weighted by atomic mass is 9.85. The molecule has 1 aliphatic carbocycles. The summed E-state index contributed by atoms with van der Waals surface area (Å²) >= 11 is 0. The van der Waals surface area contributed by atoms with Crippen LogP contribution in [-0.2, 0) is 0 Å². The van der Waals surface area contributed by atoms with E-state index in [-0.39, 0.29) is 0 Å². The summed E-state index contributed by atoms with van der Waals surface area (Å²) < 4.78 is 0. The maximum absolute atomic E-state index is 3.34. The summed E-state index contributed by atoms with van der Waals surface area (Å²) in [6, 6.07) is 0. The van der Waals surface area contributed by atoms with Crippen molar-refractivity contribution < 1.29 is 0 Å². The lowest BCUT2D eigenvalue weighted by Crippen LogP contribution is -2.07. The minimum absolute atomic E-state index is 0.829. The Hall–Kier alpha value is -0.260. The van der Waals surface area contributed by atoms with Crippen molar-refractivity contribution in [2.45, 2.75) is 32.6 Å². The second kappa shape index (κ2) is 2.91. The summed E-state index contributed by atoms with van der Waals surface area (Å²) in [5, 5.41) is 0. The smallest absolute Gasteiger partial charge is 0.0162 e. The molecule has 0 saturated heterocycles. The van der Waals surface area contributed by atoms with Gasteiger partial charge in [-0.2, -0.15) is 0 Å². The van der Waals surface area contributed by atoms with Gasteiger partial charge in [0.25, 0.3) is 0 Å². The third kappa shape index (κ3) is 1.36. The number of allylic oxidation sites excluding steroid dienone is 2. The van der Waals surface area contributed by atoms with E-state index in [2.05, 4.69) is 19.1 Å². The highest BCUT2D eigenvalue weighted by atomic mass is 14.2. The van der Waals surface area contributed by atoms with Crippen molar-refractivity contribution in [3.8, 4) is 0 Å². The minimum Gasteiger partial charge on any atom is -0.0810 e. The molecule has 0 aromatic carbocycles. The molecule has 0 N–H and O–H groups in total. The molecule has 1 fully saturated rings. The molecule has 0 aromatic rings. The van der Waals surface area contributed by atoms with E-state index in [9.17, 15) is 0 Å². The molecule has 0 heterocycles. The van der Waals surface area contributed by atoms with Gasteiger partial charge in [0, 0.05) is 0 Å². The molecule has 0 atom stereocenters. The first-order chi connectivity index (χ1) is 3.93. The van der Waals surface area contributed by atoms with Crippen LogP contribution in [0.3, 0.4) is 0 Å². The second-order valence-corrected chi connectivity index (χ2v) is 2.41. The van der Waals surface area contributed by atoms with Gasteiger partial charge in [-0.15, -0.1) is 0 Å². The van der Waals surface area contributed by atoms with Crippen LogP contribution in [0.5, 0.6) is 0 Å². The summed E-state index contributed by atoms with van der Waals surface area (Å²) in [7, 11) is 0. The second-order valence-electron chi connectivity index (χ2n) is 2.41. The van der Waals surface area contributed by atoms with Crippen molar-refractivity contribution >= 4 is 0 Å². The Balaban J connectivity index is 2.08. The normalized spacial score (nSPS) is 21.6. The number of hydrogen-bond donors (Lipinski definition) is 0. The lowest BCUT2D eigenvalue weighted by molar-refractivity contribution is 0.376. The molecule has 0 heteroatoms. The summed E-state index contributed by atoms with van der Waals surface area (Å²) in [6.45, 7) is 2.16. The summed E-state index contributed by atoms with van der Waals surface area (Å²) in [5.41, 5.74) is 0. The van der Waals surface area contributed by atoms with Gasteiger partial charge in [0.2, 0.25) is 0 Å². The minimum atomic E-state index is 0.829. The third-order valence-electron chi connectivity index (χ3n) is 1.66. The summed E-state index contributed by atoms with van der Waals surface area (Å²) in [6.07, 6.45) is 10.8. The number of hydrogen-bond acceptors (Lipinski definition) is 0. The highest BCUT2D eigenvalue weighted by molar-refractivity contribution is 4.84. The maximum atomic E-state index is 3.34. The van der Waals surface area contributed by atoms with Crippen molar-refractivity contribution in [3.63, 3.8) is 0 Å². The van der Waals surface area contributed by atoms with Crippen molar-refractivity contribution in [1.29, 1.82) is 0 Å². The highest BCUT2D eigenvalue weighted by Gasteiger charge is 2.13. The van der Waals surface area contributed by atoms with Gasteiger partial charge in [0.15, 0.2) is 0 Å². The Morgan fingerprint density at radius 1 is 1.62 bits per heavy atom. The monoisotopic (exact) mass is 109 g/mol. The lowest BCUT2D eigenvalue weighted by Gasteiger charge is -2.20. The molecule has 0 unspecified atom stereocenters. The van der Waals surface area contributed by atoms with E-state index >= 15 is 0 Å². The van der Waals surface area contributed by atoms with Gasteiger partial charge in [0.1, 0.15) is 0 Å². The molecule has 0 bridgehead atoms. The van der Waals surface area contributed by atoms with Crippen molar-refractivity contribution in [2.75, 3.05) is 0 Å². The molecular weight excluding hydrogens is 96.1 g/mol. The molecule has 0 amide bonds. The van der Waals surface area contributed by atoms with Gasteiger partial charge in [-0.1, -0.05) is 19.4 Å². The molecule has 1 rings (SSSR count). The molecular formula is C8H13. The van der Waals surface area contributed by atoms with Gasteiger partial charge < -0.3 is 0 Å². The molecule has 1 saturated carbocycles. The topological polar surface area (TPSA) is 0 Å². The van der Waals surface area contributed by atoms with Crippen molar-refractivity contribution in [3.05, 3.63) is 12.2 Å². The van der Waals surface area contributed by atoms with E-state index in [0.717, 1.165) is 12.3 Å². The van der Waals surface area contributed by atoms with Crippen molar-refractivity contribution in [1.82, 2.24) is 0 Å². The van der Waals surface area contributed by atoms with Crippen LogP contribution in [0, 0.1) is 12.0 Å². The van der Waals surface area contributed by atoms with E-state index in [1.54, 1.807) is 0 Å². The Morgan fingerprint density at radius 3 is 2.75 bits per heavy atom. The van der Waals surface area contributed by atoms with Gasteiger partial charge in [0.05, 0.1) is 0 Å². The van der Waals surface area contributed by atoms with E-state index in [0.29, 0.717) is 0 Å². The van der Waals surface area contributed by atoms with E-state index in [1.165, 1.54) is 19.3 Å². The SMILES string of the molecule is CC/C=[C]\C1CCC1. The quantitative estimate of drug-likeness (QED) is 0.511. The van der Waals surface area contributed by atoms with E-state index in [4.69, 9.17) is 0 Å². The Labute approximate surface area is 51.6 Å². The standard InChI is InChI=1S/C8H13/c1-2-3-5-8-6-4-7-8/h3,8H,2,4,6-7H2,1H3. The van der Waals surface area contributed by atoms with Crippen LogP contribution in [0.15, 0.2) is 6.08 Å². The molecule has 0 aromatic heterocycles. The molecule has 45 valence electrons. The fourth-order valence-electron chi connectivity index (χ4n) is 0.859. The van der Waals surface area contributed by atoms with Crippen LogP contribution < -0.4 is 0 Å². The summed E-state index contributed by atoms with van der Waals surface area (Å²) in [4.78, 5) is 0. The Bertz CT molecular complexity index is 78.0. The first kappa shape index (κ1) is 5.87. The molecule has 0 nitrogen and oxygen atoms in total. The van der Waals surface area contributed by atoms with Gasteiger partial charge >= 0.3 is 0 Å². The molecule has 0 spiro atoms. The van der Waals surface area contributed by atoms with Gasteiger partial charge in [-0.05, 0) is 31.3 Å². The predicted molar refractivity (Wildman–Crippen MR) is 35.4 cm³/mol. The zero-order valence-electron chi connectivity index (χ0n) is 5.48. The van der Waals surface area contributed by atoms with Crippen LogP contribution >= 0.6 is 0 Å². The van der Waals surface area contributed by atoms with Gasteiger partial charge in [-0.25, -0.2) is 0 Å². The molecule has 1 aliphatic rings. The highest BCUT2D eigenvalue weighted by Crippen LogP contribution is 2.26. The zero-order valence-corrected chi connectivity index (χ0v) is 5.48. The van der Waals surface area contributed by atoms with Crippen molar-refractivity contribution in [2.24, 2.45) is 5.92 Å². The first-order valence-corrected chi connectivity index (χ1v) is 3.51. The average Bonchev–Trinajstić information content (AvgIpc) is 1.63. The van der Waals surface area contributed by atoms with Crippen LogP contribution in [0.4, 0.5) is 0 Å². The van der Waals surface area contributed by atoms with Crippen LogP contribution in [0.25, 0.3) is 0 Å². The molecule has 0 aliphatic heterocycles. The zero-order chi connectivity index (χ0) is 5.82. The van der Waals surface area contributed by atoms with Crippen LogP contribution in [-0.4, -0.2) is 0 Å². The molecule has 1 radical (unpaired) electrons. The van der Waals surface area contributed by atoms with Crippen LogP contribution in [0.2, 0.25) is 0 Å². The fraction of sp³-hybridized carbons (Fsp3) is 0.750. The van der Waals surface area contributed by atoms with Crippen LogP contribution in [0.1, 0.15) is 32.6 Å². The Morgan fingerprint density at radius 2 is 2.38 bits per heavy atom. The van der Waals surface area contributed by atoms with E-state index in [1.807, 2.05) is 0 Å².